The van der Waals surface area contributed by atoms with Crippen molar-refractivity contribution < 1.29 is 4.79 Å². The highest BCUT2D eigenvalue weighted by Crippen LogP contribution is 2.26. The van der Waals surface area contributed by atoms with E-state index in [4.69, 9.17) is 23.2 Å². The van der Waals surface area contributed by atoms with E-state index in [2.05, 4.69) is 10.3 Å². The van der Waals surface area contributed by atoms with Gasteiger partial charge in [0.2, 0.25) is 5.91 Å². The van der Waals surface area contributed by atoms with Crippen molar-refractivity contribution in [1.82, 2.24) is 9.88 Å². The smallest absolute Gasteiger partial charge is 0.241 e. The quantitative estimate of drug-likeness (QED) is 0.658. The number of thiazole rings is 1. The molecule has 3 aromatic rings. The SMILES string of the molecule is C[C@H](C(=O)Nc1cc(Cl)ccc1Cl)N(C)Cc1nc2ccccc2s1. The summed E-state index contributed by atoms with van der Waals surface area (Å²) in [6.07, 6.45) is 0. The lowest BCUT2D eigenvalue weighted by atomic mass is 10.2. The van der Waals surface area contributed by atoms with Gasteiger partial charge >= 0.3 is 0 Å². The molecule has 0 aliphatic rings. The second-order valence-electron chi connectivity index (χ2n) is 5.78. The molecular formula is C18H17Cl2N3OS. The van der Waals surface area contributed by atoms with E-state index < -0.39 is 0 Å². The highest BCUT2D eigenvalue weighted by Gasteiger charge is 2.20. The molecule has 130 valence electrons. The summed E-state index contributed by atoms with van der Waals surface area (Å²) in [6.45, 7) is 2.44. The van der Waals surface area contributed by atoms with Crippen molar-refractivity contribution in [3.63, 3.8) is 0 Å². The zero-order chi connectivity index (χ0) is 18.0. The average Bonchev–Trinajstić information content (AvgIpc) is 2.99. The number of nitrogens with one attached hydrogen (secondary N) is 1. The summed E-state index contributed by atoms with van der Waals surface area (Å²) in [4.78, 5) is 19.1. The number of para-hydroxylation sites is 1. The molecule has 1 aromatic heterocycles. The summed E-state index contributed by atoms with van der Waals surface area (Å²) in [7, 11) is 1.90. The second-order valence-corrected chi connectivity index (χ2v) is 7.74. The predicted octanol–water partition coefficient (Wildman–Crippen LogP) is 5.06. The molecular weight excluding hydrogens is 377 g/mol. The standard InChI is InChI=1S/C18H17Cl2N3OS/c1-11(18(24)22-15-9-12(19)7-8-13(15)20)23(2)10-17-21-14-5-3-4-6-16(14)25-17/h3-9,11H,10H2,1-2H3,(H,22,24)/t11-/m1/s1. The molecule has 4 nitrogen and oxygen atoms in total. The first-order valence-corrected chi connectivity index (χ1v) is 9.32. The van der Waals surface area contributed by atoms with Crippen molar-refractivity contribution in [2.24, 2.45) is 0 Å². The normalized spacial score (nSPS) is 12.5. The molecule has 7 heteroatoms. The van der Waals surface area contributed by atoms with Crippen LogP contribution in [0.4, 0.5) is 5.69 Å². The van der Waals surface area contributed by atoms with E-state index in [0.29, 0.717) is 22.3 Å². The minimum Gasteiger partial charge on any atom is -0.323 e. The number of likely N-dealkylation sites (N-methyl/N-ethyl adjacent to an activating group) is 1. The number of carbonyl (C=O) groups excluding carboxylic acids is 1. The van der Waals surface area contributed by atoms with E-state index in [-0.39, 0.29) is 11.9 Å². The van der Waals surface area contributed by atoms with Gasteiger partial charge in [0.15, 0.2) is 0 Å². The number of amides is 1. The third-order valence-corrected chi connectivity index (χ3v) is 5.54. The number of carbonyl (C=O) groups is 1. The van der Waals surface area contributed by atoms with Gasteiger partial charge < -0.3 is 5.32 Å². The largest absolute Gasteiger partial charge is 0.323 e. The van der Waals surface area contributed by atoms with Crippen LogP contribution < -0.4 is 5.32 Å². The van der Waals surface area contributed by atoms with Crippen LogP contribution in [-0.2, 0) is 11.3 Å². The van der Waals surface area contributed by atoms with Gasteiger partial charge in [0.25, 0.3) is 0 Å². The summed E-state index contributed by atoms with van der Waals surface area (Å²) in [5.41, 5.74) is 1.50. The van der Waals surface area contributed by atoms with Crippen LogP contribution in [0.3, 0.4) is 0 Å². The van der Waals surface area contributed by atoms with Gasteiger partial charge in [0.1, 0.15) is 5.01 Å². The van der Waals surface area contributed by atoms with Crippen LogP contribution >= 0.6 is 34.5 Å². The fourth-order valence-electron chi connectivity index (χ4n) is 2.37. The first-order valence-electron chi connectivity index (χ1n) is 7.74. The zero-order valence-electron chi connectivity index (χ0n) is 13.8. The monoisotopic (exact) mass is 393 g/mol. The molecule has 0 radical (unpaired) electrons. The molecule has 0 aliphatic heterocycles. The minimum atomic E-state index is -0.345. The molecule has 0 fully saturated rings. The Labute approximate surface area is 160 Å². The first-order chi connectivity index (χ1) is 11.9. The van der Waals surface area contributed by atoms with Crippen molar-refractivity contribution in [3.05, 3.63) is 57.5 Å². The molecule has 0 unspecified atom stereocenters. The first kappa shape index (κ1) is 18.1. The van der Waals surface area contributed by atoms with Gasteiger partial charge in [-0.3, -0.25) is 9.69 Å². The van der Waals surface area contributed by atoms with Gasteiger partial charge in [-0.25, -0.2) is 4.98 Å². The van der Waals surface area contributed by atoms with Crippen LogP contribution in [0, 0.1) is 0 Å². The number of nitrogens with zero attached hydrogens (tertiary/aromatic N) is 2. The molecule has 1 heterocycles. The Morgan fingerprint density at radius 1 is 1.28 bits per heavy atom. The Hall–Kier alpha value is -1.66. The lowest BCUT2D eigenvalue weighted by Gasteiger charge is -2.23. The predicted molar refractivity (Wildman–Crippen MR) is 106 cm³/mol. The number of hydrogen-bond donors (Lipinski definition) is 1. The Balaban J connectivity index is 1.67. The molecule has 0 bridgehead atoms. The van der Waals surface area contributed by atoms with Gasteiger partial charge in [-0.2, -0.15) is 0 Å². The van der Waals surface area contributed by atoms with Crippen LogP contribution in [0.5, 0.6) is 0 Å². The summed E-state index contributed by atoms with van der Waals surface area (Å²) < 4.78 is 1.15. The van der Waals surface area contributed by atoms with Crippen molar-refractivity contribution in [1.29, 1.82) is 0 Å². The Bertz CT molecular complexity index is 879. The van der Waals surface area contributed by atoms with Gasteiger partial charge in [-0.15, -0.1) is 11.3 Å². The van der Waals surface area contributed by atoms with Gasteiger partial charge in [-0.1, -0.05) is 35.3 Å². The van der Waals surface area contributed by atoms with E-state index >= 15 is 0 Å². The van der Waals surface area contributed by atoms with Crippen molar-refractivity contribution in [2.75, 3.05) is 12.4 Å². The van der Waals surface area contributed by atoms with E-state index in [9.17, 15) is 4.79 Å². The summed E-state index contributed by atoms with van der Waals surface area (Å²) in [5, 5.41) is 4.79. The maximum absolute atomic E-state index is 12.5. The molecule has 0 spiro atoms. The van der Waals surface area contributed by atoms with Gasteiger partial charge in [-0.05, 0) is 44.3 Å². The fraction of sp³-hybridized carbons (Fsp3) is 0.222. The number of halogens is 2. The third kappa shape index (κ3) is 4.30. The lowest BCUT2D eigenvalue weighted by molar-refractivity contribution is -0.120. The summed E-state index contributed by atoms with van der Waals surface area (Å²) >= 11 is 13.7. The van der Waals surface area contributed by atoms with Crippen molar-refractivity contribution >= 4 is 56.3 Å². The van der Waals surface area contributed by atoms with Crippen molar-refractivity contribution in [2.45, 2.75) is 19.5 Å². The molecule has 2 aromatic carbocycles. The number of aromatic nitrogens is 1. The topological polar surface area (TPSA) is 45.2 Å². The van der Waals surface area contributed by atoms with Crippen LogP contribution in [0.1, 0.15) is 11.9 Å². The lowest BCUT2D eigenvalue weighted by Crippen LogP contribution is -2.39. The molecule has 0 aliphatic carbocycles. The Morgan fingerprint density at radius 3 is 2.80 bits per heavy atom. The van der Waals surface area contributed by atoms with Crippen LogP contribution in [-0.4, -0.2) is 28.9 Å². The molecule has 25 heavy (non-hydrogen) atoms. The number of fused-ring (bicyclic) bond motifs is 1. The number of benzene rings is 2. The molecule has 0 saturated carbocycles. The van der Waals surface area contributed by atoms with Crippen LogP contribution in [0.2, 0.25) is 10.0 Å². The highest BCUT2D eigenvalue weighted by atomic mass is 35.5. The Morgan fingerprint density at radius 2 is 2.04 bits per heavy atom. The summed E-state index contributed by atoms with van der Waals surface area (Å²) in [6, 6.07) is 12.7. The van der Waals surface area contributed by atoms with Gasteiger partial charge in [0.05, 0.1) is 33.5 Å². The van der Waals surface area contributed by atoms with Crippen LogP contribution in [0.25, 0.3) is 10.2 Å². The molecule has 3 rings (SSSR count). The van der Waals surface area contributed by atoms with E-state index in [1.54, 1.807) is 29.5 Å². The van der Waals surface area contributed by atoms with E-state index in [1.807, 2.05) is 43.1 Å². The number of anilines is 1. The Kier molecular flexibility index (Phi) is 5.59. The third-order valence-electron chi connectivity index (χ3n) is 3.95. The average molecular weight is 394 g/mol. The zero-order valence-corrected chi connectivity index (χ0v) is 16.1. The van der Waals surface area contributed by atoms with E-state index in [0.717, 1.165) is 15.2 Å². The van der Waals surface area contributed by atoms with Crippen molar-refractivity contribution in [3.8, 4) is 0 Å². The fourth-order valence-corrected chi connectivity index (χ4v) is 3.74. The minimum absolute atomic E-state index is 0.146. The maximum Gasteiger partial charge on any atom is 0.241 e. The molecule has 1 atom stereocenters. The second kappa shape index (κ2) is 7.70. The number of rotatable bonds is 5. The molecule has 0 saturated heterocycles. The van der Waals surface area contributed by atoms with Gasteiger partial charge in [0, 0.05) is 5.02 Å². The molecule has 1 amide bonds. The van der Waals surface area contributed by atoms with Crippen LogP contribution in [0.15, 0.2) is 42.5 Å². The maximum atomic E-state index is 12.5. The van der Waals surface area contributed by atoms with E-state index in [1.165, 1.54) is 0 Å². The number of hydrogen-bond acceptors (Lipinski definition) is 4. The summed E-state index contributed by atoms with van der Waals surface area (Å²) in [5.74, 6) is -0.146. The highest BCUT2D eigenvalue weighted by molar-refractivity contribution is 7.18. The molecule has 1 N–H and O–H groups in total.